The van der Waals surface area contributed by atoms with Crippen LogP contribution in [0.2, 0.25) is 10.0 Å². The zero-order chi connectivity index (χ0) is 15.9. The first-order chi connectivity index (χ1) is 10.4. The smallest absolute Gasteiger partial charge is 0.306 e. The fourth-order valence-electron chi connectivity index (χ4n) is 2.12. The molecule has 1 aromatic heterocycles. The van der Waals surface area contributed by atoms with E-state index in [0.29, 0.717) is 5.56 Å². The number of nitrogens with zero attached hydrogens (tertiary/aromatic N) is 2. The van der Waals surface area contributed by atoms with Gasteiger partial charge in [-0.3, -0.25) is 4.98 Å². The zero-order valence-electron chi connectivity index (χ0n) is 11.0. The summed E-state index contributed by atoms with van der Waals surface area (Å²) >= 11 is 11.8. The Morgan fingerprint density at radius 2 is 1.86 bits per heavy atom. The molecular weight excluding hydrogens is 349 g/mol. The summed E-state index contributed by atoms with van der Waals surface area (Å²) in [6.45, 7) is -0.116. The van der Waals surface area contributed by atoms with Gasteiger partial charge in [0.15, 0.2) is 0 Å². The van der Waals surface area contributed by atoms with Crippen LogP contribution in [-0.4, -0.2) is 23.7 Å². The lowest BCUT2D eigenvalue weighted by Crippen LogP contribution is -2.43. The maximum absolute atomic E-state index is 12.7. The highest BCUT2D eigenvalue weighted by Gasteiger charge is 2.38. The highest BCUT2D eigenvalue weighted by atomic mass is 35.5. The van der Waals surface area contributed by atoms with Crippen LogP contribution in [0.3, 0.4) is 0 Å². The molecule has 6 nitrogen and oxygen atoms in total. The molecular formula is C13H9Cl2N3O3S. The molecule has 22 heavy (non-hydrogen) atoms. The Kier molecular flexibility index (Phi) is 3.72. The van der Waals surface area contributed by atoms with Crippen LogP contribution in [-0.2, 0) is 16.6 Å². The number of carbonyl (C=O) groups excluding carboxylic acids is 1. The summed E-state index contributed by atoms with van der Waals surface area (Å²) in [4.78, 5) is 15.8. The number of urea groups is 1. The number of rotatable bonds is 2. The van der Waals surface area contributed by atoms with Gasteiger partial charge in [0.05, 0.1) is 17.3 Å². The van der Waals surface area contributed by atoms with E-state index in [1.165, 1.54) is 24.5 Å². The Morgan fingerprint density at radius 3 is 2.55 bits per heavy atom. The number of sulfonamides is 1. The summed E-state index contributed by atoms with van der Waals surface area (Å²) in [6.07, 6.45) is 3.04. The molecule has 1 aliphatic rings. The van der Waals surface area contributed by atoms with Gasteiger partial charge in [-0.25, -0.2) is 17.5 Å². The number of anilines is 1. The van der Waals surface area contributed by atoms with E-state index in [9.17, 15) is 13.2 Å². The van der Waals surface area contributed by atoms with Crippen LogP contribution in [0.4, 0.5) is 10.5 Å². The summed E-state index contributed by atoms with van der Waals surface area (Å²) in [7, 11) is -4.07. The molecule has 2 aromatic rings. The number of halogens is 2. The summed E-state index contributed by atoms with van der Waals surface area (Å²) in [6, 6.07) is 5.16. The molecule has 0 fully saturated rings. The van der Waals surface area contributed by atoms with Crippen molar-refractivity contribution < 1.29 is 13.2 Å². The van der Waals surface area contributed by atoms with Crippen molar-refractivity contribution in [3.05, 3.63) is 52.3 Å². The Bertz CT molecular complexity index is 856. The summed E-state index contributed by atoms with van der Waals surface area (Å²) < 4.78 is 26.1. The van der Waals surface area contributed by atoms with E-state index in [2.05, 4.69) is 10.3 Å². The van der Waals surface area contributed by atoms with Crippen LogP contribution < -0.4 is 5.32 Å². The second-order valence-corrected chi connectivity index (χ2v) is 7.20. The summed E-state index contributed by atoms with van der Waals surface area (Å²) in [5.41, 5.74) is 0.704. The predicted molar refractivity (Wildman–Crippen MR) is 82.4 cm³/mol. The molecule has 0 aliphatic carbocycles. The third-order valence-electron chi connectivity index (χ3n) is 3.10. The second kappa shape index (κ2) is 5.42. The molecule has 0 atom stereocenters. The molecule has 0 bridgehead atoms. The molecule has 2 amide bonds. The van der Waals surface area contributed by atoms with Gasteiger partial charge in [-0.2, -0.15) is 0 Å². The Balaban J connectivity index is 2.09. The van der Waals surface area contributed by atoms with Crippen molar-refractivity contribution in [1.82, 2.24) is 9.29 Å². The van der Waals surface area contributed by atoms with Gasteiger partial charge < -0.3 is 5.32 Å². The quantitative estimate of drug-likeness (QED) is 0.895. The van der Waals surface area contributed by atoms with Crippen molar-refractivity contribution in [2.75, 3.05) is 5.32 Å². The Labute approximate surface area is 136 Å². The molecule has 0 saturated carbocycles. The molecule has 9 heteroatoms. The highest BCUT2D eigenvalue weighted by Crippen LogP contribution is 2.38. The number of hydrogen-bond acceptors (Lipinski definition) is 4. The van der Waals surface area contributed by atoms with Gasteiger partial charge in [0.2, 0.25) is 0 Å². The average molecular weight is 358 g/mol. The van der Waals surface area contributed by atoms with E-state index in [1.54, 1.807) is 12.1 Å². The van der Waals surface area contributed by atoms with Gasteiger partial charge >= 0.3 is 6.03 Å². The number of pyridine rings is 1. The van der Waals surface area contributed by atoms with Crippen molar-refractivity contribution in [2.45, 2.75) is 11.4 Å². The lowest BCUT2D eigenvalue weighted by atomic mass is 10.3. The van der Waals surface area contributed by atoms with E-state index in [0.717, 1.165) is 4.31 Å². The molecule has 0 saturated heterocycles. The van der Waals surface area contributed by atoms with Crippen LogP contribution in [0.5, 0.6) is 0 Å². The number of hydrogen-bond donors (Lipinski definition) is 1. The first-order valence-corrected chi connectivity index (χ1v) is 8.31. The molecule has 1 N–H and O–H groups in total. The average Bonchev–Trinajstić information content (AvgIpc) is 2.43. The molecule has 2 heterocycles. The lowest BCUT2D eigenvalue weighted by molar-refractivity contribution is 0.233. The number of fused-ring (bicyclic) bond motifs is 1. The molecule has 1 aliphatic heterocycles. The summed E-state index contributed by atoms with van der Waals surface area (Å²) in [5.74, 6) is 0. The minimum absolute atomic E-state index is 0.0396. The monoisotopic (exact) mass is 357 g/mol. The van der Waals surface area contributed by atoms with E-state index in [1.807, 2.05) is 0 Å². The van der Waals surface area contributed by atoms with Gasteiger partial charge in [0.1, 0.15) is 4.90 Å². The van der Waals surface area contributed by atoms with Crippen molar-refractivity contribution in [3.8, 4) is 0 Å². The number of aromatic nitrogens is 1. The third kappa shape index (κ3) is 2.51. The minimum atomic E-state index is -4.07. The van der Waals surface area contributed by atoms with Gasteiger partial charge in [-0.1, -0.05) is 23.2 Å². The van der Waals surface area contributed by atoms with Crippen LogP contribution in [0, 0.1) is 0 Å². The fraction of sp³-hybridized carbons (Fsp3) is 0.0769. The largest absolute Gasteiger partial charge is 0.336 e. The molecule has 0 unspecified atom stereocenters. The van der Waals surface area contributed by atoms with Crippen LogP contribution >= 0.6 is 23.2 Å². The number of carbonyl (C=O) groups is 1. The normalized spacial score (nSPS) is 16.1. The zero-order valence-corrected chi connectivity index (χ0v) is 13.3. The minimum Gasteiger partial charge on any atom is -0.306 e. The maximum atomic E-state index is 12.7. The lowest BCUT2D eigenvalue weighted by Gasteiger charge is -2.29. The van der Waals surface area contributed by atoms with Gasteiger partial charge in [-0.05, 0) is 29.8 Å². The predicted octanol–water partition coefficient (Wildman–Crippen LogP) is 3.12. The number of benzene rings is 1. The first kappa shape index (κ1) is 15.1. The van der Waals surface area contributed by atoms with Crippen molar-refractivity contribution in [2.24, 2.45) is 0 Å². The molecule has 0 spiro atoms. The number of nitrogens with one attached hydrogen (secondary N) is 1. The van der Waals surface area contributed by atoms with E-state index in [4.69, 9.17) is 23.2 Å². The van der Waals surface area contributed by atoms with Crippen LogP contribution in [0.1, 0.15) is 5.56 Å². The topological polar surface area (TPSA) is 79.4 Å². The van der Waals surface area contributed by atoms with E-state index in [-0.39, 0.29) is 27.2 Å². The Hall–Kier alpha value is -1.83. The van der Waals surface area contributed by atoms with E-state index >= 15 is 0 Å². The van der Waals surface area contributed by atoms with Crippen molar-refractivity contribution in [1.29, 1.82) is 0 Å². The van der Waals surface area contributed by atoms with Gasteiger partial charge in [0.25, 0.3) is 10.0 Å². The second-order valence-electron chi connectivity index (χ2n) is 4.56. The molecule has 0 radical (unpaired) electrons. The highest BCUT2D eigenvalue weighted by molar-refractivity contribution is 7.90. The Morgan fingerprint density at radius 1 is 1.18 bits per heavy atom. The summed E-state index contributed by atoms with van der Waals surface area (Å²) in [5, 5.41) is 2.69. The first-order valence-electron chi connectivity index (χ1n) is 6.11. The maximum Gasteiger partial charge on any atom is 0.336 e. The molecule has 3 rings (SSSR count). The molecule has 1 aromatic carbocycles. The van der Waals surface area contributed by atoms with Crippen LogP contribution in [0.15, 0.2) is 41.6 Å². The number of amides is 2. The van der Waals surface area contributed by atoms with Gasteiger partial charge in [0, 0.05) is 17.4 Å². The van der Waals surface area contributed by atoms with Crippen LogP contribution in [0.25, 0.3) is 0 Å². The van der Waals surface area contributed by atoms with Crippen molar-refractivity contribution >= 4 is 44.9 Å². The third-order valence-corrected chi connectivity index (χ3v) is 5.56. The molecule has 114 valence electrons. The fourth-order valence-corrected chi connectivity index (χ4v) is 4.41. The van der Waals surface area contributed by atoms with Gasteiger partial charge in [-0.15, -0.1) is 0 Å². The van der Waals surface area contributed by atoms with Crippen molar-refractivity contribution in [3.63, 3.8) is 0 Å². The standard InChI is InChI=1S/C13H9Cl2N3O3S/c14-9-5-10(15)12-11(6-9)17-13(19)18(22(12,20)21)7-8-1-3-16-4-2-8/h1-6H,7H2,(H,17,19). The van der Waals surface area contributed by atoms with E-state index < -0.39 is 16.1 Å². The SMILES string of the molecule is O=C1Nc2cc(Cl)cc(Cl)c2S(=O)(=O)N1Cc1ccncc1.